The molecule has 2 heterocycles. The predicted molar refractivity (Wildman–Crippen MR) is 204 cm³/mol. The Morgan fingerprint density at radius 1 is 0.408 bits per heavy atom. The van der Waals surface area contributed by atoms with Gasteiger partial charge in [0.25, 0.3) is 0 Å². The lowest BCUT2D eigenvalue weighted by molar-refractivity contribution is 0.629. The Labute approximate surface area is 289 Å². The molecule has 7 aromatic carbocycles. The summed E-state index contributed by atoms with van der Waals surface area (Å²) >= 11 is 0. The number of nitrogens with zero attached hydrogens (tertiary/aromatic N) is 1. The Morgan fingerprint density at radius 2 is 1.02 bits per heavy atom. The van der Waals surface area contributed by atoms with Crippen LogP contribution >= 0.6 is 0 Å². The molecule has 0 saturated carbocycles. The van der Waals surface area contributed by atoms with Crippen LogP contribution in [0.2, 0.25) is 0 Å². The zero-order chi connectivity index (χ0) is 32.9. The van der Waals surface area contributed by atoms with Crippen molar-refractivity contribution in [3.05, 3.63) is 197 Å². The highest BCUT2D eigenvalue weighted by atomic mass is 15.2. The van der Waals surface area contributed by atoms with E-state index in [9.17, 15) is 0 Å². The molecule has 0 amide bonds. The molecular weight excluding hydrogens is 591 g/mol. The highest BCUT2D eigenvalue weighted by molar-refractivity contribution is 5.93. The van der Waals surface area contributed by atoms with Crippen molar-refractivity contribution in [3.63, 3.8) is 0 Å². The minimum absolute atomic E-state index is 0.0519. The first-order valence-electron chi connectivity index (χ1n) is 17.5. The summed E-state index contributed by atoms with van der Waals surface area (Å²) in [4.78, 5) is 2.53. The molecule has 1 atom stereocenters. The SMILES string of the molecule is CC1(C)c2ccccc2N2c3ccc(-c4ccc5c(c4)C(C)(c4ccccc4-c4ccccc4)c4ccccc4-5)cc3Cc3cccc1c32. The third kappa shape index (κ3) is 3.88. The van der Waals surface area contributed by atoms with Crippen LogP contribution < -0.4 is 4.90 Å². The summed E-state index contributed by atoms with van der Waals surface area (Å²) in [5.41, 5.74) is 21.0. The smallest absolute Gasteiger partial charge is 0.0538 e. The second kappa shape index (κ2) is 10.2. The lowest BCUT2D eigenvalue weighted by Crippen LogP contribution is -2.33. The third-order valence-electron chi connectivity index (χ3n) is 11.7. The fourth-order valence-electron chi connectivity index (χ4n) is 9.30. The molecule has 10 rings (SSSR count). The van der Waals surface area contributed by atoms with Gasteiger partial charge >= 0.3 is 0 Å². The van der Waals surface area contributed by atoms with E-state index in [2.05, 4.69) is 183 Å². The quantitative estimate of drug-likeness (QED) is 0.188. The molecule has 2 aliphatic heterocycles. The molecule has 1 unspecified atom stereocenters. The van der Waals surface area contributed by atoms with Crippen LogP contribution in [-0.4, -0.2) is 0 Å². The van der Waals surface area contributed by atoms with E-state index in [1.54, 1.807) is 0 Å². The Hall–Kier alpha value is -5.66. The van der Waals surface area contributed by atoms with Crippen LogP contribution in [0.5, 0.6) is 0 Å². The molecule has 1 aliphatic carbocycles. The average molecular weight is 628 g/mol. The normalized spacial score (nSPS) is 17.4. The van der Waals surface area contributed by atoms with Crippen LogP contribution in [0.3, 0.4) is 0 Å². The average Bonchev–Trinajstić information content (AvgIpc) is 3.41. The molecule has 0 aromatic heterocycles. The number of anilines is 3. The first kappa shape index (κ1) is 28.4. The molecule has 0 spiro atoms. The van der Waals surface area contributed by atoms with Crippen LogP contribution in [0.15, 0.2) is 158 Å². The number of fused-ring (bicyclic) bond motifs is 7. The maximum atomic E-state index is 2.53. The molecule has 3 aliphatic rings. The maximum Gasteiger partial charge on any atom is 0.0538 e. The van der Waals surface area contributed by atoms with Crippen LogP contribution in [0.4, 0.5) is 17.1 Å². The van der Waals surface area contributed by atoms with Gasteiger partial charge in [0.1, 0.15) is 0 Å². The van der Waals surface area contributed by atoms with Gasteiger partial charge in [0, 0.05) is 22.9 Å². The van der Waals surface area contributed by atoms with Crippen molar-refractivity contribution in [3.8, 4) is 33.4 Å². The van der Waals surface area contributed by atoms with E-state index in [4.69, 9.17) is 0 Å². The van der Waals surface area contributed by atoms with Crippen molar-refractivity contribution in [2.75, 3.05) is 4.90 Å². The van der Waals surface area contributed by atoms with E-state index in [0.29, 0.717) is 0 Å². The Kier molecular flexibility index (Phi) is 5.89. The van der Waals surface area contributed by atoms with E-state index in [0.717, 1.165) is 6.42 Å². The molecule has 0 fully saturated rings. The Morgan fingerprint density at radius 3 is 1.84 bits per heavy atom. The van der Waals surface area contributed by atoms with Crippen molar-refractivity contribution >= 4 is 17.1 Å². The first-order valence-corrected chi connectivity index (χ1v) is 17.5. The second-order valence-electron chi connectivity index (χ2n) is 14.7. The Balaban J connectivity index is 1.13. The molecule has 0 bridgehead atoms. The molecule has 0 N–H and O–H groups in total. The largest absolute Gasteiger partial charge is 0.309 e. The molecule has 0 saturated heterocycles. The van der Waals surface area contributed by atoms with Crippen LogP contribution in [0, 0.1) is 0 Å². The van der Waals surface area contributed by atoms with Gasteiger partial charge in [-0.05, 0) is 104 Å². The fourth-order valence-corrected chi connectivity index (χ4v) is 9.30. The summed E-state index contributed by atoms with van der Waals surface area (Å²) in [6.07, 6.45) is 0.930. The van der Waals surface area contributed by atoms with E-state index in [-0.39, 0.29) is 10.8 Å². The minimum atomic E-state index is -0.303. The fraction of sp³-hybridized carbons (Fsp3) is 0.125. The first-order chi connectivity index (χ1) is 23.9. The summed E-state index contributed by atoms with van der Waals surface area (Å²) in [5.74, 6) is 0. The predicted octanol–water partition coefficient (Wildman–Crippen LogP) is 12.4. The van der Waals surface area contributed by atoms with Gasteiger partial charge in [-0.15, -0.1) is 0 Å². The minimum Gasteiger partial charge on any atom is -0.309 e. The van der Waals surface area contributed by atoms with Gasteiger partial charge in [0.05, 0.1) is 11.4 Å². The van der Waals surface area contributed by atoms with Crippen molar-refractivity contribution in [1.82, 2.24) is 0 Å². The number of para-hydroxylation sites is 2. The Bertz CT molecular complexity index is 2470. The third-order valence-corrected chi connectivity index (χ3v) is 11.7. The number of hydrogen-bond acceptors (Lipinski definition) is 1. The number of rotatable bonds is 3. The standard InChI is InChI=1S/C48H37N/c1-47(2)41-21-11-12-23-45(41)49-44-27-25-32(28-35(44)29-34-16-13-22-42(47)46(34)49)33-24-26-38-37-18-8-10-20-40(37)48(3,43(38)30-33)39-19-9-7-17-36(39)31-14-5-4-6-15-31/h4-28,30H,29H2,1-3H3. The topological polar surface area (TPSA) is 3.24 Å². The maximum absolute atomic E-state index is 2.53. The van der Waals surface area contributed by atoms with E-state index < -0.39 is 0 Å². The van der Waals surface area contributed by atoms with Crippen molar-refractivity contribution < 1.29 is 0 Å². The van der Waals surface area contributed by atoms with E-state index in [1.807, 2.05) is 0 Å². The van der Waals surface area contributed by atoms with Crippen LogP contribution in [0.25, 0.3) is 33.4 Å². The summed E-state index contributed by atoms with van der Waals surface area (Å²) in [7, 11) is 0. The summed E-state index contributed by atoms with van der Waals surface area (Å²) in [6, 6.07) is 59.1. The lowest BCUT2D eigenvalue weighted by Gasteiger charge is -2.45. The van der Waals surface area contributed by atoms with Gasteiger partial charge in [-0.1, -0.05) is 147 Å². The van der Waals surface area contributed by atoms with Gasteiger partial charge < -0.3 is 4.90 Å². The van der Waals surface area contributed by atoms with Gasteiger partial charge in [-0.2, -0.15) is 0 Å². The number of benzene rings is 7. The highest BCUT2D eigenvalue weighted by Gasteiger charge is 2.43. The molecule has 49 heavy (non-hydrogen) atoms. The molecule has 7 aromatic rings. The van der Waals surface area contributed by atoms with Crippen LogP contribution in [-0.2, 0) is 17.3 Å². The van der Waals surface area contributed by atoms with Crippen LogP contribution in [0.1, 0.15) is 59.7 Å². The molecule has 0 radical (unpaired) electrons. The van der Waals surface area contributed by atoms with E-state index in [1.165, 1.54) is 89.4 Å². The monoisotopic (exact) mass is 627 g/mol. The van der Waals surface area contributed by atoms with Gasteiger partial charge in [-0.25, -0.2) is 0 Å². The van der Waals surface area contributed by atoms with Gasteiger partial charge in [0.2, 0.25) is 0 Å². The summed E-state index contributed by atoms with van der Waals surface area (Å²) < 4.78 is 0. The van der Waals surface area contributed by atoms with Crippen molar-refractivity contribution in [1.29, 1.82) is 0 Å². The highest BCUT2D eigenvalue weighted by Crippen LogP contribution is 2.57. The molecule has 1 nitrogen and oxygen atoms in total. The van der Waals surface area contributed by atoms with E-state index >= 15 is 0 Å². The van der Waals surface area contributed by atoms with Gasteiger partial charge in [-0.3, -0.25) is 0 Å². The van der Waals surface area contributed by atoms with Crippen molar-refractivity contribution in [2.45, 2.75) is 38.0 Å². The molecule has 1 heteroatoms. The molecule has 234 valence electrons. The second-order valence-corrected chi connectivity index (χ2v) is 14.7. The van der Waals surface area contributed by atoms with Crippen molar-refractivity contribution in [2.24, 2.45) is 0 Å². The lowest BCUT2D eigenvalue weighted by atomic mass is 9.71. The zero-order valence-corrected chi connectivity index (χ0v) is 28.2. The summed E-state index contributed by atoms with van der Waals surface area (Å²) in [6.45, 7) is 7.17. The number of hydrogen-bond donors (Lipinski definition) is 0. The zero-order valence-electron chi connectivity index (χ0n) is 28.2. The molecular formula is C48H37N. The van der Waals surface area contributed by atoms with Gasteiger partial charge in [0.15, 0.2) is 0 Å². The summed E-state index contributed by atoms with van der Waals surface area (Å²) in [5, 5.41) is 0.